The van der Waals surface area contributed by atoms with Gasteiger partial charge in [-0.3, -0.25) is 9.69 Å². The van der Waals surface area contributed by atoms with Gasteiger partial charge in [-0.2, -0.15) is 11.8 Å². The van der Waals surface area contributed by atoms with Crippen molar-refractivity contribution in [2.24, 2.45) is 5.92 Å². The average Bonchev–Trinajstić information content (AvgIpc) is 2.59. The fraction of sp³-hybridized carbons (Fsp3) is 0.588. The van der Waals surface area contributed by atoms with Crippen molar-refractivity contribution in [1.29, 1.82) is 0 Å². The van der Waals surface area contributed by atoms with Crippen LogP contribution in [0, 0.1) is 11.7 Å². The van der Waals surface area contributed by atoms with E-state index in [9.17, 15) is 9.18 Å². The molecule has 2 saturated heterocycles. The number of halogens is 2. The molecule has 0 radical (unpaired) electrons. The molecule has 126 valence electrons. The van der Waals surface area contributed by atoms with Crippen molar-refractivity contribution in [3.63, 3.8) is 0 Å². The fourth-order valence-corrected chi connectivity index (χ4v) is 4.48. The summed E-state index contributed by atoms with van der Waals surface area (Å²) in [5.74, 6) is 2.12. The molecule has 2 heterocycles. The number of amides is 1. The number of nitrogens with zero attached hydrogens (tertiary/aromatic N) is 2. The molecule has 0 aromatic heterocycles. The second-order valence-corrected chi connectivity index (χ2v) is 7.84. The van der Waals surface area contributed by atoms with Gasteiger partial charge in [0, 0.05) is 48.3 Å². The van der Waals surface area contributed by atoms with E-state index in [-0.39, 0.29) is 17.6 Å². The first kappa shape index (κ1) is 17.1. The maximum absolute atomic E-state index is 14.0. The third-order valence-corrected chi connectivity index (χ3v) is 5.92. The molecule has 2 aliphatic heterocycles. The van der Waals surface area contributed by atoms with Gasteiger partial charge in [0.25, 0.3) is 0 Å². The lowest BCUT2D eigenvalue weighted by Crippen LogP contribution is -2.47. The summed E-state index contributed by atoms with van der Waals surface area (Å²) < 4.78 is 14.0. The van der Waals surface area contributed by atoms with Gasteiger partial charge in [0.1, 0.15) is 5.82 Å². The van der Waals surface area contributed by atoms with Gasteiger partial charge >= 0.3 is 0 Å². The Bertz CT molecular complexity index is 545. The summed E-state index contributed by atoms with van der Waals surface area (Å²) in [6, 6.07) is 4.79. The first-order valence-corrected chi connectivity index (χ1v) is 9.70. The molecule has 6 heteroatoms. The van der Waals surface area contributed by atoms with E-state index in [1.807, 2.05) is 16.7 Å². The zero-order valence-corrected chi connectivity index (χ0v) is 14.7. The Kier molecular flexibility index (Phi) is 5.83. The lowest BCUT2D eigenvalue weighted by molar-refractivity contribution is -0.137. The molecule has 2 aliphatic rings. The predicted molar refractivity (Wildman–Crippen MR) is 93.3 cm³/mol. The smallest absolute Gasteiger partial charge is 0.227 e. The van der Waals surface area contributed by atoms with Gasteiger partial charge in [-0.05, 0) is 31.5 Å². The van der Waals surface area contributed by atoms with Crippen LogP contribution in [-0.4, -0.2) is 53.4 Å². The van der Waals surface area contributed by atoms with Gasteiger partial charge in [0.05, 0.1) is 5.92 Å². The molecular weight excluding hydrogens is 335 g/mol. The van der Waals surface area contributed by atoms with E-state index in [1.54, 1.807) is 12.1 Å². The number of thioether (sulfide) groups is 1. The first-order chi connectivity index (χ1) is 11.1. The van der Waals surface area contributed by atoms with Crippen molar-refractivity contribution in [2.75, 3.05) is 37.7 Å². The van der Waals surface area contributed by atoms with Gasteiger partial charge in [-0.15, -0.1) is 0 Å². The summed E-state index contributed by atoms with van der Waals surface area (Å²) in [6.45, 7) is 3.79. The van der Waals surface area contributed by atoms with Crippen LogP contribution in [0.15, 0.2) is 18.2 Å². The summed E-state index contributed by atoms with van der Waals surface area (Å²) >= 11 is 8.03. The zero-order valence-electron chi connectivity index (χ0n) is 13.1. The minimum absolute atomic E-state index is 0.0393. The van der Waals surface area contributed by atoms with Crippen LogP contribution < -0.4 is 0 Å². The standard InChI is InChI=1S/C17H22ClFN2OS/c18-15-4-1-5-16(19)14(15)12-20-6-2-3-13(11-20)17(22)21-7-9-23-10-8-21/h1,4-5,13H,2-3,6-12H2. The SMILES string of the molecule is O=C(C1CCCN(Cc2c(F)cccc2Cl)C1)N1CCSCC1. The van der Waals surface area contributed by atoms with Gasteiger partial charge in [0.15, 0.2) is 0 Å². The molecule has 0 bridgehead atoms. The Labute approximate surface area is 146 Å². The molecule has 1 atom stereocenters. The normalized spacial score (nSPS) is 23.0. The van der Waals surface area contributed by atoms with Crippen molar-refractivity contribution in [3.8, 4) is 0 Å². The summed E-state index contributed by atoms with van der Waals surface area (Å²) in [6.07, 6.45) is 1.91. The van der Waals surface area contributed by atoms with Gasteiger partial charge < -0.3 is 4.90 Å². The largest absolute Gasteiger partial charge is 0.341 e. The van der Waals surface area contributed by atoms with E-state index in [1.165, 1.54) is 6.07 Å². The van der Waals surface area contributed by atoms with Crippen LogP contribution in [0.4, 0.5) is 4.39 Å². The van der Waals surface area contributed by atoms with Gasteiger partial charge in [-0.25, -0.2) is 4.39 Å². The molecule has 0 N–H and O–H groups in total. The summed E-state index contributed by atoms with van der Waals surface area (Å²) in [7, 11) is 0. The molecular formula is C17H22ClFN2OS. The van der Waals surface area contributed by atoms with Crippen LogP contribution in [0.25, 0.3) is 0 Å². The number of likely N-dealkylation sites (tertiary alicyclic amines) is 1. The van der Waals surface area contributed by atoms with E-state index < -0.39 is 0 Å². The second-order valence-electron chi connectivity index (χ2n) is 6.21. The predicted octanol–water partition coefficient (Wildman–Crippen LogP) is 3.27. The van der Waals surface area contributed by atoms with Crippen molar-refractivity contribution < 1.29 is 9.18 Å². The van der Waals surface area contributed by atoms with Crippen LogP contribution in [0.5, 0.6) is 0 Å². The van der Waals surface area contributed by atoms with Crippen molar-refractivity contribution in [2.45, 2.75) is 19.4 Å². The van der Waals surface area contributed by atoms with E-state index in [0.29, 0.717) is 23.7 Å². The molecule has 0 spiro atoms. The second kappa shape index (κ2) is 7.86. The number of carbonyl (C=O) groups is 1. The van der Waals surface area contributed by atoms with E-state index in [2.05, 4.69) is 4.90 Å². The van der Waals surface area contributed by atoms with E-state index >= 15 is 0 Å². The average molecular weight is 357 g/mol. The summed E-state index contributed by atoms with van der Waals surface area (Å²) in [4.78, 5) is 16.8. The number of hydrogen-bond acceptors (Lipinski definition) is 3. The molecule has 23 heavy (non-hydrogen) atoms. The monoisotopic (exact) mass is 356 g/mol. The Hall–Kier alpha value is -0.780. The Balaban J connectivity index is 1.63. The topological polar surface area (TPSA) is 23.6 Å². The molecule has 3 rings (SSSR count). The first-order valence-electron chi connectivity index (χ1n) is 8.17. The molecule has 0 saturated carbocycles. The number of piperidine rings is 1. The Morgan fingerprint density at radius 1 is 1.30 bits per heavy atom. The van der Waals surface area contributed by atoms with Crippen molar-refractivity contribution in [1.82, 2.24) is 9.80 Å². The van der Waals surface area contributed by atoms with Gasteiger partial charge in [0.2, 0.25) is 5.91 Å². The van der Waals surface area contributed by atoms with Crippen LogP contribution in [0.3, 0.4) is 0 Å². The fourth-order valence-electron chi connectivity index (χ4n) is 3.35. The number of hydrogen-bond donors (Lipinski definition) is 0. The number of rotatable bonds is 3. The minimum atomic E-state index is -0.265. The summed E-state index contributed by atoms with van der Waals surface area (Å²) in [5.41, 5.74) is 0.539. The number of benzene rings is 1. The van der Waals surface area contributed by atoms with Crippen LogP contribution in [-0.2, 0) is 11.3 Å². The van der Waals surface area contributed by atoms with Gasteiger partial charge in [-0.1, -0.05) is 17.7 Å². The van der Waals surface area contributed by atoms with Crippen LogP contribution >= 0.6 is 23.4 Å². The minimum Gasteiger partial charge on any atom is -0.341 e. The zero-order chi connectivity index (χ0) is 16.2. The molecule has 2 fully saturated rings. The quantitative estimate of drug-likeness (QED) is 0.830. The third-order valence-electron chi connectivity index (χ3n) is 4.62. The highest BCUT2D eigenvalue weighted by Gasteiger charge is 2.30. The van der Waals surface area contributed by atoms with Crippen LogP contribution in [0.1, 0.15) is 18.4 Å². The highest BCUT2D eigenvalue weighted by molar-refractivity contribution is 7.99. The maximum atomic E-state index is 14.0. The molecule has 3 nitrogen and oxygen atoms in total. The summed E-state index contributed by atoms with van der Waals surface area (Å²) in [5, 5.41) is 0.464. The number of carbonyl (C=O) groups excluding carboxylic acids is 1. The molecule has 1 aromatic carbocycles. The van der Waals surface area contributed by atoms with Crippen LogP contribution in [0.2, 0.25) is 5.02 Å². The molecule has 0 aliphatic carbocycles. The third kappa shape index (κ3) is 4.20. The Morgan fingerprint density at radius 3 is 2.83 bits per heavy atom. The maximum Gasteiger partial charge on any atom is 0.227 e. The molecule has 1 amide bonds. The van der Waals surface area contributed by atoms with E-state index in [0.717, 1.165) is 44.0 Å². The molecule has 1 aromatic rings. The lowest BCUT2D eigenvalue weighted by atomic mass is 9.96. The highest BCUT2D eigenvalue weighted by Crippen LogP contribution is 2.25. The Morgan fingerprint density at radius 2 is 2.09 bits per heavy atom. The van der Waals surface area contributed by atoms with E-state index in [4.69, 9.17) is 11.6 Å². The molecule has 1 unspecified atom stereocenters. The van der Waals surface area contributed by atoms with Crippen molar-refractivity contribution >= 4 is 29.3 Å². The van der Waals surface area contributed by atoms with Crippen molar-refractivity contribution in [3.05, 3.63) is 34.6 Å². The lowest BCUT2D eigenvalue weighted by Gasteiger charge is -2.36. The highest BCUT2D eigenvalue weighted by atomic mass is 35.5.